The van der Waals surface area contributed by atoms with E-state index in [1.807, 2.05) is 0 Å². The van der Waals surface area contributed by atoms with E-state index in [-0.39, 0.29) is 6.10 Å². The highest BCUT2D eigenvalue weighted by Gasteiger charge is 2.17. The lowest BCUT2D eigenvalue weighted by Crippen LogP contribution is -2.43. The zero-order valence-electron chi connectivity index (χ0n) is 6.57. The molecular formula is C7H15NO2S. The van der Waals surface area contributed by atoms with Crippen molar-refractivity contribution >= 4 is 12.6 Å². The second-order valence-corrected chi connectivity index (χ2v) is 3.07. The number of nitrogens with zero attached hydrogens (tertiary/aromatic N) is 1. The monoisotopic (exact) mass is 177 g/mol. The summed E-state index contributed by atoms with van der Waals surface area (Å²) in [4.78, 5) is 2.21. The van der Waals surface area contributed by atoms with Gasteiger partial charge in [-0.3, -0.25) is 0 Å². The van der Waals surface area contributed by atoms with Crippen LogP contribution in [0, 0.1) is 0 Å². The first kappa shape index (κ1) is 9.32. The predicted octanol–water partition coefficient (Wildman–Crippen LogP) is -0.0431. The summed E-state index contributed by atoms with van der Waals surface area (Å²) >= 11 is 3.88. The van der Waals surface area contributed by atoms with Gasteiger partial charge in [0.25, 0.3) is 0 Å². The zero-order chi connectivity index (χ0) is 8.10. The Bertz CT molecular complexity index is 109. The number of β-amino-alcohol motifs (C(OH)–C–C–N with tert-alkyl or cyclic N) is 1. The van der Waals surface area contributed by atoms with Crippen LogP contribution in [0.1, 0.15) is 6.42 Å². The van der Waals surface area contributed by atoms with Crippen LogP contribution in [0.3, 0.4) is 0 Å². The summed E-state index contributed by atoms with van der Waals surface area (Å²) in [7, 11) is 0. The van der Waals surface area contributed by atoms with Gasteiger partial charge in [-0.1, -0.05) is 0 Å². The van der Waals surface area contributed by atoms with Gasteiger partial charge in [0.1, 0.15) is 0 Å². The summed E-state index contributed by atoms with van der Waals surface area (Å²) in [5.41, 5.74) is 0. The van der Waals surface area contributed by atoms with E-state index in [4.69, 9.17) is 4.74 Å². The smallest absolute Gasteiger partial charge is 0.0900 e. The zero-order valence-corrected chi connectivity index (χ0v) is 7.46. The standard InChI is InChI=1S/C7H15NO2S/c9-7(5-10-6-11)4-8-2-1-3-8/h7,9,11H,1-6H2/t7-/m1/s1. The third-order valence-electron chi connectivity index (χ3n) is 1.82. The fourth-order valence-corrected chi connectivity index (χ4v) is 1.21. The summed E-state index contributed by atoms with van der Waals surface area (Å²) in [6.45, 7) is 3.39. The van der Waals surface area contributed by atoms with Crippen molar-refractivity contribution in [2.75, 3.05) is 32.2 Å². The van der Waals surface area contributed by atoms with Crippen LogP contribution in [-0.2, 0) is 4.74 Å². The fourth-order valence-electron chi connectivity index (χ4n) is 1.10. The minimum Gasteiger partial charge on any atom is -0.389 e. The number of ether oxygens (including phenoxy) is 1. The molecular weight excluding hydrogens is 162 g/mol. The van der Waals surface area contributed by atoms with Gasteiger partial charge in [0.2, 0.25) is 0 Å². The number of likely N-dealkylation sites (tertiary alicyclic amines) is 1. The van der Waals surface area contributed by atoms with Crippen LogP contribution in [0.4, 0.5) is 0 Å². The molecule has 0 spiro atoms. The average molecular weight is 177 g/mol. The average Bonchev–Trinajstić information content (AvgIpc) is 1.93. The van der Waals surface area contributed by atoms with Gasteiger partial charge in [0, 0.05) is 6.54 Å². The minimum atomic E-state index is -0.345. The Morgan fingerprint density at radius 2 is 2.27 bits per heavy atom. The van der Waals surface area contributed by atoms with E-state index >= 15 is 0 Å². The van der Waals surface area contributed by atoms with Crippen molar-refractivity contribution in [1.82, 2.24) is 4.90 Å². The molecule has 1 N–H and O–H groups in total. The summed E-state index contributed by atoms with van der Waals surface area (Å²) in [6.07, 6.45) is 0.919. The van der Waals surface area contributed by atoms with E-state index in [9.17, 15) is 5.11 Å². The van der Waals surface area contributed by atoms with Crippen LogP contribution in [0.5, 0.6) is 0 Å². The van der Waals surface area contributed by atoms with E-state index in [0.29, 0.717) is 12.5 Å². The van der Waals surface area contributed by atoms with Gasteiger partial charge < -0.3 is 14.7 Å². The molecule has 0 radical (unpaired) electrons. The molecule has 3 nitrogen and oxygen atoms in total. The first-order valence-corrected chi connectivity index (χ1v) is 4.55. The van der Waals surface area contributed by atoms with Crippen molar-refractivity contribution < 1.29 is 9.84 Å². The summed E-state index contributed by atoms with van der Waals surface area (Å²) in [5, 5.41) is 9.32. The number of aliphatic hydroxyl groups excluding tert-OH is 1. The Balaban J connectivity index is 1.95. The summed E-state index contributed by atoms with van der Waals surface area (Å²) in [6, 6.07) is 0. The van der Waals surface area contributed by atoms with E-state index in [1.54, 1.807) is 0 Å². The van der Waals surface area contributed by atoms with E-state index in [0.717, 1.165) is 19.6 Å². The Kier molecular flexibility index (Phi) is 4.22. The van der Waals surface area contributed by atoms with E-state index in [1.165, 1.54) is 6.42 Å². The molecule has 0 saturated carbocycles. The number of aliphatic hydroxyl groups is 1. The van der Waals surface area contributed by atoms with Crippen molar-refractivity contribution in [3.8, 4) is 0 Å². The van der Waals surface area contributed by atoms with Gasteiger partial charge in [-0.2, -0.15) is 12.6 Å². The van der Waals surface area contributed by atoms with Crippen molar-refractivity contribution in [3.63, 3.8) is 0 Å². The van der Waals surface area contributed by atoms with E-state index in [2.05, 4.69) is 17.5 Å². The number of rotatable bonds is 5. The molecule has 1 heterocycles. The van der Waals surface area contributed by atoms with Gasteiger partial charge in [-0.15, -0.1) is 0 Å². The maximum Gasteiger partial charge on any atom is 0.0900 e. The molecule has 1 fully saturated rings. The minimum absolute atomic E-state index is 0.345. The van der Waals surface area contributed by atoms with Crippen LogP contribution in [-0.4, -0.2) is 48.3 Å². The molecule has 11 heavy (non-hydrogen) atoms. The third-order valence-corrected chi connectivity index (χ3v) is 2.00. The quantitative estimate of drug-likeness (QED) is 0.456. The Morgan fingerprint density at radius 1 is 1.55 bits per heavy atom. The molecule has 0 unspecified atom stereocenters. The number of thiol groups is 1. The highest BCUT2D eigenvalue weighted by molar-refractivity contribution is 7.80. The number of hydrogen-bond donors (Lipinski definition) is 2. The molecule has 0 aromatic carbocycles. The summed E-state index contributed by atoms with van der Waals surface area (Å²) in [5.74, 6) is 0.386. The maximum atomic E-state index is 9.32. The van der Waals surface area contributed by atoms with Crippen LogP contribution in [0.2, 0.25) is 0 Å². The topological polar surface area (TPSA) is 32.7 Å². The molecule has 0 aromatic heterocycles. The Labute approximate surface area is 72.7 Å². The number of hydrogen-bond acceptors (Lipinski definition) is 4. The molecule has 4 heteroatoms. The van der Waals surface area contributed by atoms with Crippen LogP contribution >= 0.6 is 12.6 Å². The molecule has 1 atom stereocenters. The van der Waals surface area contributed by atoms with Gasteiger partial charge in [-0.05, 0) is 19.5 Å². The molecule has 1 aliphatic heterocycles. The van der Waals surface area contributed by atoms with Crippen molar-refractivity contribution in [2.45, 2.75) is 12.5 Å². The normalized spacial score (nSPS) is 21.3. The lowest BCUT2D eigenvalue weighted by atomic mass is 10.2. The predicted molar refractivity (Wildman–Crippen MR) is 46.9 cm³/mol. The maximum absolute atomic E-state index is 9.32. The highest BCUT2D eigenvalue weighted by Crippen LogP contribution is 2.06. The molecule has 1 saturated heterocycles. The largest absolute Gasteiger partial charge is 0.389 e. The molecule has 0 bridgehead atoms. The highest BCUT2D eigenvalue weighted by atomic mass is 32.1. The van der Waals surface area contributed by atoms with Crippen molar-refractivity contribution in [3.05, 3.63) is 0 Å². The third kappa shape index (κ3) is 3.42. The fraction of sp³-hybridized carbons (Fsp3) is 1.00. The van der Waals surface area contributed by atoms with Crippen LogP contribution in [0.15, 0.2) is 0 Å². The van der Waals surface area contributed by atoms with Gasteiger partial charge in [0.05, 0.1) is 18.6 Å². The van der Waals surface area contributed by atoms with Crippen molar-refractivity contribution in [2.24, 2.45) is 0 Å². The summed E-state index contributed by atoms with van der Waals surface area (Å²) < 4.78 is 4.95. The van der Waals surface area contributed by atoms with Gasteiger partial charge in [-0.25, -0.2) is 0 Å². The van der Waals surface area contributed by atoms with Gasteiger partial charge in [0.15, 0.2) is 0 Å². The Hall–Kier alpha value is 0.230. The van der Waals surface area contributed by atoms with Crippen LogP contribution < -0.4 is 0 Å². The second-order valence-electron chi connectivity index (χ2n) is 2.81. The molecule has 1 aliphatic rings. The SMILES string of the molecule is O[C@@H](COCS)CN1CCC1. The molecule has 66 valence electrons. The van der Waals surface area contributed by atoms with Gasteiger partial charge >= 0.3 is 0 Å². The lowest BCUT2D eigenvalue weighted by Gasteiger charge is -2.32. The molecule has 0 amide bonds. The Morgan fingerprint density at radius 3 is 2.73 bits per heavy atom. The van der Waals surface area contributed by atoms with Crippen molar-refractivity contribution in [1.29, 1.82) is 0 Å². The lowest BCUT2D eigenvalue weighted by molar-refractivity contribution is 0.0189. The van der Waals surface area contributed by atoms with E-state index < -0.39 is 0 Å². The molecule has 0 aliphatic carbocycles. The first-order chi connectivity index (χ1) is 5.33. The molecule has 1 rings (SSSR count). The second kappa shape index (κ2) is 4.98. The van der Waals surface area contributed by atoms with Crippen LogP contribution in [0.25, 0.3) is 0 Å². The molecule has 0 aromatic rings. The first-order valence-electron chi connectivity index (χ1n) is 3.92.